The van der Waals surface area contributed by atoms with E-state index in [0.29, 0.717) is 28.8 Å². The predicted octanol–water partition coefficient (Wildman–Crippen LogP) is 4.22. The van der Waals surface area contributed by atoms with Gasteiger partial charge in [-0.1, -0.05) is 11.6 Å². The van der Waals surface area contributed by atoms with Crippen molar-refractivity contribution in [2.75, 3.05) is 17.5 Å². The van der Waals surface area contributed by atoms with Crippen LogP contribution >= 0.6 is 11.6 Å². The maximum Gasteiger partial charge on any atom is 0.407 e. The summed E-state index contributed by atoms with van der Waals surface area (Å²) >= 11 is 5.85. The molecule has 2 aromatic carbocycles. The van der Waals surface area contributed by atoms with Crippen LogP contribution in [0.5, 0.6) is 0 Å². The molecule has 0 saturated heterocycles. The fourth-order valence-corrected chi connectivity index (χ4v) is 4.93. The lowest BCUT2D eigenvalue weighted by atomic mass is 10.2. The molecule has 0 radical (unpaired) electrons. The number of aryl methyl sites for hydroxylation is 1. The van der Waals surface area contributed by atoms with Crippen LogP contribution in [-0.2, 0) is 21.3 Å². The molecule has 0 aliphatic heterocycles. The Hall–Kier alpha value is -3.18. The fourth-order valence-electron chi connectivity index (χ4n) is 3.16. The number of hydrogen-bond donors (Lipinski definition) is 1. The summed E-state index contributed by atoms with van der Waals surface area (Å²) in [5, 5.41) is 2.87. The van der Waals surface area contributed by atoms with Gasteiger partial charge in [0.05, 0.1) is 23.0 Å². The third-order valence-electron chi connectivity index (χ3n) is 4.79. The number of rotatable bonds is 10. The first-order chi connectivity index (χ1) is 16.2. The van der Waals surface area contributed by atoms with Gasteiger partial charge in [-0.2, -0.15) is 0 Å². The van der Waals surface area contributed by atoms with Gasteiger partial charge in [-0.15, -0.1) is 0 Å². The van der Waals surface area contributed by atoms with Crippen molar-refractivity contribution in [3.8, 4) is 0 Å². The number of alkyl carbamates (subject to hydrolysis) is 1. The van der Waals surface area contributed by atoms with Gasteiger partial charge in [0, 0.05) is 36.6 Å². The van der Waals surface area contributed by atoms with Crippen molar-refractivity contribution in [1.29, 1.82) is 0 Å². The van der Waals surface area contributed by atoms with E-state index >= 15 is 0 Å². The molecule has 1 heterocycles. The fraction of sp³-hybridized carbons (Fsp3) is 0.273. The van der Waals surface area contributed by atoms with Crippen molar-refractivity contribution in [3.63, 3.8) is 0 Å². The molecule has 1 aromatic heterocycles. The Morgan fingerprint density at radius 1 is 1.24 bits per heavy atom. The number of nitrogens with zero attached hydrogens (tertiary/aromatic N) is 3. The smallest absolute Gasteiger partial charge is 0.407 e. The van der Waals surface area contributed by atoms with Crippen LogP contribution in [0.4, 0.5) is 19.3 Å². The second-order valence-electron chi connectivity index (χ2n) is 7.38. The molecule has 1 amide bonds. The Kier molecular flexibility index (Phi) is 8.46. The van der Waals surface area contributed by atoms with E-state index in [1.165, 1.54) is 31.2 Å². The highest BCUT2D eigenvalue weighted by Crippen LogP contribution is 2.30. The second-order valence-corrected chi connectivity index (χ2v) is 9.63. The van der Waals surface area contributed by atoms with Crippen molar-refractivity contribution >= 4 is 33.4 Å². The maximum atomic E-state index is 14.6. The summed E-state index contributed by atoms with van der Waals surface area (Å²) in [5.41, 5.74) is -0.508. The molecule has 0 saturated carbocycles. The monoisotopic (exact) mass is 512 g/mol. The number of hydrogen-bond acceptors (Lipinski definition) is 5. The van der Waals surface area contributed by atoms with E-state index in [1.54, 1.807) is 18.7 Å². The van der Waals surface area contributed by atoms with Crippen LogP contribution in [0.1, 0.15) is 13.3 Å². The van der Waals surface area contributed by atoms with Gasteiger partial charge in [-0.05, 0) is 49.7 Å². The highest BCUT2D eigenvalue weighted by Gasteiger charge is 2.32. The topological polar surface area (TPSA) is 93.5 Å². The molecule has 12 heteroatoms. The summed E-state index contributed by atoms with van der Waals surface area (Å²) in [6.45, 7) is 1.97. The Morgan fingerprint density at radius 2 is 1.97 bits per heavy atom. The molecule has 0 spiro atoms. The molecule has 3 rings (SSSR count). The third kappa shape index (κ3) is 6.45. The number of benzene rings is 2. The standard InChI is InChI=1S/C22H23ClF2N4O4S/c1-16(14-33-22(30)27-9-2-11-28-12-10-26-15-28)29(21-13-18(24)5-8-20(21)25)34(31,32)19-6-3-17(23)4-7-19/h3-8,10,12-13,15-16H,2,9,11,14H2,1H3,(H,27,30)/t16-/m1/s1. The average Bonchev–Trinajstić information content (AvgIpc) is 3.31. The van der Waals surface area contributed by atoms with E-state index in [9.17, 15) is 22.0 Å². The first-order valence-corrected chi connectivity index (χ1v) is 12.1. The summed E-state index contributed by atoms with van der Waals surface area (Å²) in [6, 6.07) is 6.66. The van der Waals surface area contributed by atoms with E-state index < -0.39 is 46.1 Å². The number of nitrogens with one attached hydrogen (secondary N) is 1. The van der Waals surface area contributed by atoms with Gasteiger partial charge < -0.3 is 14.6 Å². The van der Waals surface area contributed by atoms with Crippen LogP contribution in [0.15, 0.2) is 66.1 Å². The zero-order valence-corrected chi connectivity index (χ0v) is 19.8. The minimum atomic E-state index is -4.36. The lowest BCUT2D eigenvalue weighted by Gasteiger charge is -2.30. The zero-order chi connectivity index (χ0) is 24.7. The molecule has 3 aromatic rings. The van der Waals surface area contributed by atoms with Crippen LogP contribution < -0.4 is 9.62 Å². The van der Waals surface area contributed by atoms with Crippen molar-refractivity contribution < 1.29 is 26.7 Å². The minimum Gasteiger partial charge on any atom is -0.447 e. The first-order valence-electron chi connectivity index (χ1n) is 10.3. The average molecular weight is 513 g/mol. The first kappa shape index (κ1) is 25.4. The van der Waals surface area contributed by atoms with Gasteiger partial charge in [-0.3, -0.25) is 4.31 Å². The van der Waals surface area contributed by atoms with E-state index in [2.05, 4.69) is 10.3 Å². The Labute approximate surface area is 201 Å². The number of amides is 1. The van der Waals surface area contributed by atoms with Crippen molar-refractivity contribution in [1.82, 2.24) is 14.9 Å². The summed E-state index contributed by atoms with van der Waals surface area (Å²) < 4.78 is 62.9. The SMILES string of the molecule is C[C@H](COC(=O)NCCCn1ccnc1)N(c1cc(F)ccc1F)S(=O)(=O)c1ccc(Cl)cc1. The molecule has 8 nitrogen and oxygen atoms in total. The number of sulfonamides is 1. The highest BCUT2D eigenvalue weighted by molar-refractivity contribution is 7.92. The van der Waals surface area contributed by atoms with Gasteiger partial charge in [0.15, 0.2) is 0 Å². The zero-order valence-electron chi connectivity index (χ0n) is 18.2. The maximum absolute atomic E-state index is 14.6. The van der Waals surface area contributed by atoms with Gasteiger partial charge in [0.1, 0.15) is 18.2 Å². The molecule has 0 fully saturated rings. The van der Waals surface area contributed by atoms with Gasteiger partial charge >= 0.3 is 6.09 Å². The molecule has 34 heavy (non-hydrogen) atoms. The Bertz CT molecular complexity index is 1210. The lowest BCUT2D eigenvalue weighted by molar-refractivity contribution is 0.141. The summed E-state index contributed by atoms with van der Waals surface area (Å²) in [4.78, 5) is 15.8. The number of carbonyl (C=O) groups excluding carboxylic acids is 1. The molecular formula is C22H23ClF2N4O4S. The number of halogens is 3. The number of carbonyl (C=O) groups is 1. The van der Waals surface area contributed by atoms with Gasteiger partial charge in [0.2, 0.25) is 0 Å². The minimum absolute atomic E-state index is 0.184. The van der Waals surface area contributed by atoms with E-state index in [4.69, 9.17) is 16.3 Å². The molecule has 0 aliphatic carbocycles. The van der Waals surface area contributed by atoms with E-state index in [0.717, 1.165) is 18.2 Å². The van der Waals surface area contributed by atoms with Gasteiger partial charge in [-0.25, -0.2) is 27.0 Å². The molecule has 1 N–H and O–H groups in total. The lowest BCUT2D eigenvalue weighted by Crippen LogP contribution is -2.43. The largest absolute Gasteiger partial charge is 0.447 e. The van der Waals surface area contributed by atoms with Crippen LogP contribution in [0.2, 0.25) is 5.02 Å². The molecular weight excluding hydrogens is 490 g/mol. The van der Waals surface area contributed by atoms with Crippen molar-refractivity contribution in [2.24, 2.45) is 0 Å². The normalized spacial score (nSPS) is 12.2. The van der Waals surface area contributed by atoms with Crippen LogP contribution in [-0.4, -0.2) is 43.3 Å². The van der Waals surface area contributed by atoms with Crippen molar-refractivity contribution in [2.45, 2.75) is 30.8 Å². The molecule has 0 bridgehead atoms. The van der Waals surface area contributed by atoms with Crippen molar-refractivity contribution in [3.05, 3.63) is 77.8 Å². The number of aromatic nitrogens is 2. The second kappa shape index (κ2) is 11.3. The van der Waals surface area contributed by atoms with E-state index in [-0.39, 0.29) is 4.90 Å². The van der Waals surface area contributed by atoms with Crippen LogP contribution in [0.25, 0.3) is 0 Å². The Morgan fingerprint density at radius 3 is 2.65 bits per heavy atom. The molecule has 1 atom stereocenters. The third-order valence-corrected chi connectivity index (χ3v) is 6.99. The quantitative estimate of drug-likeness (QED) is 0.411. The molecule has 0 unspecified atom stereocenters. The summed E-state index contributed by atoms with van der Waals surface area (Å²) in [5.74, 6) is -1.77. The van der Waals surface area contributed by atoms with Gasteiger partial charge in [0.25, 0.3) is 10.0 Å². The summed E-state index contributed by atoms with van der Waals surface area (Å²) in [6.07, 6.45) is 4.95. The highest BCUT2D eigenvalue weighted by atomic mass is 35.5. The summed E-state index contributed by atoms with van der Waals surface area (Å²) in [7, 11) is -4.36. The number of ether oxygens (including phenoxy) is 1. The van der Waals surface area contributed by atoms with Crippen LogP contribution in [0, 0.1) is 11.6 Å². The Balaban J connectivity index is 1.72. The molecule has 182 valence electrons. The predicted molar refractivity (Wildman–Crippen MR) is 123 cm³/mol. The van der Waals surface area contributed by atoms with E-state index in [1.807, 2.05) is 4.57 Å². The van der Waals surface area contributed by atoms with Crippen LogP contribution in [0.3, 0.4) is 0 Å². The molecule has 0 aliphatic rings. The number of anilines is 1. The number of imidazole rings is 1.